The molecule has 0 saturated carbocycles. The molecule has 0 spiro atoms. The monoisotopic (exact) mass is 306 g/mol. The van der Waals surface area contributed by atoms with Gasteiger partial charge in [0.05, 0.1) is 5.69 Å². The summed E-state index contributed by atoms with van der Waals surface area (Å²) < 4.78 is 5.58. The average Bonchev–Trinajstić information content (AvgIpc) is 2.84. The number of rotatable bonds is 4. The molecule has 5 nitrogen and oxygen atoms in total. The van der Waals surface area contributed by atoms with Crippen LogP contribution >= 0.6 is 11.3 Å². The standard InChI is InChI=1S/C15H18N2O3S/c1-15(2,3)11-8-21-12(17-11)7-20-10-6-4-5-9(16)13(10)14(18)19/h4-6,8H,7,16H2,1-3H3,(H,18,19). The smallest absolute Gasteiger partial charge is 0.341 e. The molecule has 0 fully saturated rings. The summed E-state index contributed by atoms with van der Waals surface area (Å²) in [5, 5.41) is 12.0. The van der Waals surface area contributed by atoms with E-state index in [2.05, 4.69) is 25.8 Å². The lowest BCUT2D eigenvalue weighted by atomic mass is 9.93. The summed E-state index contributed by atoms with van der Waals surface area (Å²) in [6.07, 6.45) is 0. The van der Waals surface area contributed by atoms with Crippen LogP contribution in [-0.4, -0.2) is 16.1 Å². The van der Waals surface area contributed by atoms with Crippen LogP contribution in [0.25, 0.3) is 0 Å². The van der Waals surface area contributed by atoms with Gasteiger partial charge in [0, 0.05) is 16.5 Å². The topological polar surface area (TPSA) is 85.4 Å². The highest BCUT2D eigenvalue weighted by molar-refractivity contribution is 7.09. The second-order valence-electron chi connectivity index (χ2n) is 5.69. The van der Waals surface area contributed by atoms with E-state index in [1.54, 1.807) is 12.1 Å². The Morgan fingerprint density at radius 1 is 1.43 bits per heavy atom. The Hall–Kier alpha value is -2.08. The van der Waals surface area contributed by atoms with Crippen LogP contribution in [0.1, 0.15) is 41.8 Å². The highest BCUT2D eigenvalue weighted by Crippen LogP contribution is 2.27. The van der Waals surface area contributed by atoms with Crippen molar-refractivity contribution in [3.8, 4) is 5.75 Å². The van der Waals surface area contributed by atoms with Gasteiger partial charge in [0.2, 0.25) is 0 Å². The third-order valence-corrected chi connectivity index (χ3v) is 3.77. The van der Waals surface area contributed by atoms with E-state index in [0.717, 1.165) is 10.7 Å². The molecule has 1 aromatic carbocycles. The zero-order chi connectivity index (χ0) is 15.6. The summed E-state index contributed by atoms with van der Waals surface area (Å²) in [6, 6.07) is 4.80. The van der Waals surface area contributed by atoms with Gasteiger partial charge in [0.1, 0.15) is 22.9 Å². The SMILES string of the molecule is CC(C)(C)c1csc(COc2cccc(N)c2C(=O)O)n1. The zero-order valence-electron chi connectivity index (χ0n) is 12.2. The van der Waals surface area contributed by atoms with E-state index in [0.29, 0.717) is 0 Å². The summed E-state index contributed by atoms with van der Waals surface area (Å²) in [6.45, 7) is 6.50. The Morgan fingerprint density at radius 3 is 2.71 bits per heavy atom. The van der Waals surface area contributed by atoms with Crippen LogP contribution in [0, 0.1) is 0 Å². The Morgan fingerprint density at radius 2 is 2.14 bits per heavy atom. The van der Waals surface area contributed by atoms with Crippen molar-refractivity contribution >= 4 is 23.0 Å². The number of carboxylic acid groups (broad SMARTS) is 1. The normalized spacial score (nSPS) is 11.4. The summed E-state index contributed by atoms with van der Waals surface area (Å²) in [5.41, 5.74) is 6.84. The van der Waals surface area contributed by atoms with Crippen LogP contribution in [0.15, 0.2) is 23.6 Å². The molecule has 3 N–H and O–H groups in total. The minimum Gasteiger partial charge on any atom is -0.485 e. The first-order valence-corrected chi connectivity index (χ1v) is 7.36. The first-order chi connectivity index (χ1) is 9.79. The predicted octanol–water partition coefficient (Wildman–Crippen LogP) is 3.30. The van der Waals surface area contributed by atoms with Gasteiger partial charge in [-0.05, 0) is 12.1 Å². The molecule has 2 aromatic rings. The van der Waals surface area contributed by atoms with Crippen LogP contribution in [0.2, 0.25) is 0 Å². The fraction of sp³-hybridized carbons (Fsp3) is 0.333. The molecule has 1 aromatic heterocycles. The summed E-state index contributed by atoms with van der Waals surface area (Å²) in [4.78, 5) is 15.7. The predicted molar refractivity (Wildman–Crippen MR) is 83.0 cm³/mol. The molecule has 0 amide bonds. The van der Waals surface area contributed by atoms with Gasteiger partial charge in [0.25, 0.3) is 0 Å². The number of anilines is 1. The zero-order valence-corrected chi connectivity index (χ0v) is 13.0. The molecule has 1 heterocycles. The lowest BCUT2D eigenvalue weighted by Crippen LogP contribution is -2.12. The number of nitrogens with two attached hydrogens (primary N) is 1. The summed E-state index contributed by atoms with van der Waals surface area (Å²) >= 11 is 1.50. The van der Waals surface area contributed by atoms with Crippen molar-refractivity contribution in [3.05, 3.63) is 39.8 Å². The van der Waals surface area contributed by atoms with E-state index >= 15 is 0 Å². The van der Waals surface area contributed by atoms with Crippen LogP contribution in [0.4, 0.5) is 5.69 Å². The van der Waals surface area contributed by atoms with Crippen molar-refractivity contribution in [1.29, 1.82) is 0 Å². The van der Waals surface area contributed by atoms with Gasteiger partial charge in [0.15, 0.2) is 0 Å². The summed E-state index contributed by atoms with van der Waals surface area (Å²) in [7, 11) is 0. The molecule has 0 unspecified atom stereocenters. The molecule has 0 aliphatic heterocycles. The van der Waals surface area contributed by atoms with Crippen molar-refractivity contribution in [1.82, 2.24) is 4.98 Å². The number of nitrogens with zero attached hydrogens (tertiary/aromatic N) is 1. The van der Waals surface area contributed by atoms with Gasteiger partial charge < -0.3 is 15.6 Å². The van der Waals surface area contributed by atoms with Gasteiger partial charge in [-0.25, -0.2) is 9.78 Å². The van der Waals surface area contributed by atoms with E-state index in [4.69, 9.17) is 10.5 Å². The van der Waals surface area contributed by atoms with Crippen molar-refractivity contribution in [3.63, 3.8) is 0 Å². The highest BCUT2D eigenvalue weighted by atomic mass is 32.1. The van der Waals surface area contributed by atoms with E-state index in [-0.39, 0.29) is 29.0 Å². The van der Waals surface area contributed by atoms with Crippen LogP contribution < -0.4 is 10.5 Å². The van der Waals surface area contributed by atoms with Crippen molar-refractivity contribution in [2.45, 2.75) is 32.8 Å². The van der Waals surface area contributed by atoms with Gasteiger partial charge >= 0.3 is 5.97 Å². The van der Waals surface area contributed by atoms with Gasteiger partial charge in [-0.1, -0.05) is 26.8 Å². The quantitative estimate of drug-likeness (QED) is 0.846. The van der Waals surface area contributed by atoms with Crippen LogP contribution in [0.5, 0.6) is 5.75 Å². The Balaban J connectivity index is 2.16. The van der Waals surface area contributed by atoms with E-state index in [9.17, 15) is 9.90 Å². The van der Waals surface area contributed by atoms with Crippen LogP contribution in [-0.2, 0) is 12.0 Å². The molecular formula is C15H18N2O3S. The molecular weight excluding hydrogens is 288 g/mol. The lowest BCUT2D eigenvalue weighted by molar-refractivity contribution is 0.0693. The number of hydrogen-bond donors (Lipinski definition) is 2. The molecule has 2 rings (SSSR count). The molecule has 0 saturated heterocycles. The number of thiazole rings is 1. The number of nitrogen functional groups attached to an aromatic ring is 1. The number of carboxylic acids is 1. The van der Waals surface area contributed by atoms with E-state index in [1.165, 1.54) is 17.4 Å². The number of benzene rings is 1. The fourth-order valence-electron chi connectivity index (χ4n) is 1.76. The highest BCUT2D eigenvalue weighted by Gasteiger charge is 2.19. The van der Waals surface area contributed by atoms with E-state index < -0.39 is 5.97 Å². The first kappa shape index (κ1) is 15.3. The maximum Gasteiger partial charge on any atom is 0.341 e. The minimum absolute atomic E-state index is 0.00917. The summed E-state index contributed by atoms with van der Waals surface area (Å²) in [5.74, 6) is -0.840. The van der Waals surface area contributed by atoms with E-state index in [1.807, 2.05) is 5.38 Å². The van der Waals surface area contributed by atoms with Crippen molar-refractivity contribution in [2.24, 2.45) is 0 Å². The molecule has 0 radical (unpaired) electrons. The van der Waals surface area contributed by atoms with Crippen molar-refractivity contribution < 1.29 is 14.6 Å². The van der Waals surface area contributed by atoms with Gasteiger partial charge in [-0.3, -0.25) is 0 Å². The Labute approximate surface area is 127 Å². The largest absolute Gasteiger partial charge is 0.485 e. The third kappa shape index (κ3) is 3.52. The lowest BCUT2D eigenvalue weighted by Gasteiger charge is -2.14. The minimum atomic E-state index is -1.10. The molecule has 21 heavy (non-hydrogen) atoms. The molecule has 0 atom stereocenters. The molecule has 112 valence electrons. The van der Waals surface area contributed by atoms with Crippen molar-refractivity contribution in [2.75, 3.05) is 5.73 Å². The van der Waals surface area contributed by atoms with Gasteiger partial charge in [-0.15, -0.1) is 11.3 Å². The number of carbonyl (C=O) groups is 1. The molecule has 0 bridgehead atoms. The Bertz CT molecular complexity index is 659. The Kier molecular flexibility index (Phi) is 4.18. The second kappa shape index (κ2) is 5.73. The van der Waals surface area contributed by atoms with Crippen LogP contribution in [0.3, 0.4) is 0 Å². The first-order valence-electron chi connectivity index (χ1n) is 6.48. The number of aromatic carboxylic acids is 1. The number of aromatic nitrogens is 1. The second-order valence-corrected chi connectivity index (χ2v) is 6.63. The fourth-order valence-corrected chi connectivity index (χ4v) is 2.69. The molecule has 0 aliphatic carbocycles. The van der Waals surface area contributed by atoms with Gasteiger partial charge in [-0.2, -0.15) is 0 Å². The molecule has 6 heteroatoms. The number of ether oxygens (including phenoxy) is 1. The maximum atomic E-state index is 11.2. The maximum absolute atomic E-state index is 11.2. The average molecular weight is 306 g/mol. The molecule has 0 aliphatic rings. The number of hydrogen-bond acceptors (Lipinski definition) is 5. The third-order valence-electron chi connectivity index (χ3n) is 2.94.